The summed E-state index contributed by atoms with van der Waals surface area (Å²) in [6.07, 6.45) is 4.89. The number of furan rings is 1. The van der Waals surface area contributed by atoms with Crippen LogP contribution in [-0.4, -0.2) is 27.1 Å². The van der Waals surface area contributed by atoms with Crippen molar-refractivity contribution in [2.24, 2.45) is 11.8 Å². The number of aromatic nitrogens is 2. The van der Waals surface area contributed by atoms with Gasteiger partial charge in [-0.1, -0.05) is 26.7 Å². The summed E-state index contributed by atoms with van der Waals surface area (Å²) in [5, 5.41) is 13.3. The summed E-state index contributed by atoms with van der Waals surface area (Å²) in [4.78, 5) is 19.8. The Morgan fingerprint density at radius 3 is 2.86 bits per heavy atom. The summed E-state index contributed by atoms with van der Waals surface area (Å²) >= 11 is 0. The fourth-order valence-electron chi connectivity index (χ4n) is 3.37. The largest absolute Gasteiger partial charge is 0.478 e. The van der Waals surface area contributed by atoms with Crippen molar-refractivity contribution in [3.63, 3.8) is 0 Å². The Bertz CT molecular complexity index is 710. The predicted molar refractivity (Wildman–Crippen MR) is 83.1 cm³/mol. The van der Waals surface area contributed by atoms with E-state index in [-0.39, 0.29) is 5.56 Å². The number of nitrogens with one attached hydrogen (secondary N) is 1. The Balaban J connectivity index is 2.02. The Morgan fingerprint density at radius 2 is 2.14 bits per heavy atom. The van der Waals surface area contributed by atoms with Crippen LogP contribution in [0.5, 0.6) is 0 Å². The monoisotopic (exact) mass is 303 g/mol. The molecule has 2 N–H and O–H groups in total. The first-order valence-electron chi connectivity index (χ1n) is 7.73. The fraction of sp³-hybridized carbons (Fsp3) is 0.562. The maximum absolute atomic E-state index is 11.5. The van der Waals surface area contributed by atoms with Crippen LogP contribution in [0.1, 0.15) is 49.2 Å². The van der Waals surface area contributed by atoms with Gasteiger partial charge in [0, 0.05) is 6.04 Å². The highest BCUT2D eigenvalue weighted by atomic mass is 16.4. The highest BCUT2D eigenvalue weighted by Crippen LogP contribution is 2.34. The molecule has 0 aromatic carbocycles. The minimum absolute atomic E-state index is 0.148. The first-order valence-corrected chi connectivity index (χ1v) is 7.73. The molecule has 0 amide bonds. The van der Waals surface area contributed by atoms with Gasteiger partial charge in [-0.05, 0) is 25.2 Å². The minimum Gasteiger partial charge on any atom is -0.478 e. The van der Waals surface area contributed by atoms with Gasteiger partial charge in [-0.25, -0.2) is 14.8 Å². The van der Waals surface area contributed by atoms with E-state index in [1.165, 1.54) is 19.2 Å². The van der Waals surface area contributed by atoms with E-state index in [0.29, 0.717) is 40.6 Å². The van der Waals surface area contributed by atoms with Crippen molar-refractivity contribution in [3.8, 4) is 0 Å². The van der Waals surface area contributed by atoms with Crippen LogP contribution in [-0.2, 0) is 0 Å². The van der Waals surface area contributed by atoms with Gasteiger partial charge in [0.15, 0.2) is 0 Å². The van der Waals surface area contributed by atoms with E-state index in [9.17, 15) is 9.90 Å². The van der Waals surface area contributed by atoms with Crippen molar-refractivity contribution in [1.82, 2.24) is 9.97 Å². The number of carboxylic acids is 1. The molecular weight excluding hydrogens is 282 g/mol. The van der Waals surface area contributed by atoms with Gasteiger partial charge in [0.1, 0.15) is 23.5 Å². The minimum atomic E-state index is -1.01. The van der Waals surface area contributed by atoms with Crippen molar-refractivity contribution in [3.05, 3.63) is 17.7 Å². The number of fused-ring (bicyclic) bond motifs is 1. The molecule has 2 aromatic heterocycles. The Labute approximate surface area is 128 Å². The molecule has 1 fully saturated rings. The molecule has 6 nitrogen and oxygen atoms in total. The molecule has 118 valence electrons. The summed E-state index contributed by atoms with van der Waals surface area (Å²) < 4.78 is 5.47. The van der Waals surface area contributed by atoms with Crippen LogP contribution in [0.3, 0.4) is 0 Å². The van der Waals surface area contributed by atoms with Gasteiger partial charge in [-0.2, -0.15) is 0 Å². The van der Waals surface area contributed by atoms with Crippen molar-refractivity contribution in [2.45, 2.75) is 46.1 Å². The first-order chi connectivity index (χ1) is 10.5. The van der Waals surface area contributed by atoms with Crippen LogP contribution >= 0.6 is 0 Å². The molecule has 3 rings (SSSR count). The summed E-state index contributed by atoms with van der Waals surface area (Å²) in [5.41, 5.74) is 0.471. The maximum Gasteiger partial charge on any atom is 0.340 e. The van der Waals surface area contributed by atoms with Crippen molar-refractivity contribution in [1.29, 1.82) is 0 Å². The lowest BCUT2D eigenvalue weighted by Crippen LogP contribution is -2.35. The van der Waals surface area contributed by atoms with Crippen LogP contribution in [0, 0.1) is 18.8 Å². The van der Waals surface area contributed by atoms with E-state index in [1.54, 1.807) is 6.92 Å². The SMILES string of the molecule is Cc1oc2ncnc(NC3CCCC(C)C3C)c2c1C(=O)O. The molecule has 3 atom stereocenters. The number of carbonyl (C=O) groups is 1. The van der Waals surface area contributed by atoms with Crippen LogP contribution < -0.4 is 5.32 Å². The Morgan fingerprint density at radius 1 is 1.36 bits per heavy atom. The molecule has 0 bridgehead atoms. The molecule has 1 aliphatic rings. The smallest absolute Gasteiger partial charge is 0.340 e. The molecule has 1 saturated carbocycles. The second-order valence-electron chi connectivity index (χ2n) is 6.26. The number of aromatic carboxylic acids is 1. The van der Waals surface area contributed by atoms with E-state index in [0.717, 1.165) is 6.42 Å². The third kappa shape index (κ3) is 2.42. The number of nitrogens with zero attached hydrogens (tertiary/aromatic N) is 2. The normalized spacial score (nSPS) is 25.3. The number of hydrogen-bond acceptors (Lipinski definition) is 5. The highest BCUT2D eigenvalue weighted by Gasteiger charge is 2.29. The zero-order valence-corrected chi connectivity index (χ0v) is 13.1. The Kier molecular flexibility index (Phi) is 3.76. The van der Waals surface area contributed by atoms with Gasteiger partial charge in [0.25, 0.3) is 0 Å². The van der Waals surface area contributed by atoms with Crippen LogP contribution in [0.2, 0.25) is 0 Å². The molecule has 22 heavy (non-hydrogen) atoms. The fourth-order valence-corrected chi connectivity index (χ4v) is 3.37. The average molecular weight is 303 g/mol. The number of rotatable bonds is 3. The highest BCUT2D eigenvalue weighted by molar-refractivity contribution is 6.06. The molecule has 2 aromatic rings. The second kappa shape index (κ2) is 5.59. The van der Waals surface area contributed by atoms with Crippen LogP contribution in [0.15, 0.2) is 10.7 Å². The quantitative estimate of drug-likeness (QED) is 0.902. The summed E-state index contributed by atoms with van der Waals surface area (Å²) in [6, 6.07) is 0.290. The molecule has 6 heteroatoms. The third-order valence-corrected chi connectivity index (χ3v) is 4.91. The number of carboxylic acid groups (broad SMARTS) is 1. The van der Waals surface area contributed by atoms with Gasteiger partial charge in [0.05, 0.1) is 5.39 Å². The summed E-state index contributed by atoms with van der Waals surface area (Å²) in [6.45, 7) is 6.14. The molecule has 0 radical (unpaired) electrons. The summed E-state index contributed by atoms with van der Waals surface area (Å²) in [5.74, 6) is 1.06. The molecule has 2 heterocycles. The van der Waals surface area contributed by atoms with E-state index in [1.807, 2.05) is 0 Å². The zero-order valence-electron chi connectivity index (χ0n) is 13.1. The van der Waals surface area contributed by atoms with Crippen LogP contribution in [0.25, 0.3) is 11.1 Å². The molecular formula is C16H21N3O3. The lowest BCUT2D eigenvalue weighted by molar-refractivity contribution is 0.0697. The maximum atomic E-state index is 11.5. The van der Waals surface area contributed by atoms with Gasteiger partial charge >= 0.3 is 5.97 Å². The van der Waals surface area contributed by atoms with Gasteiger partial charge in [0.2, 0.25) is 5.71 Å². The topological polar surface area (TPSA) is 88.3 Å². The van der Waals surface area contributed by atoms with Gasteiger partial charge < -0.3 is 14.8 Å². The van der Waals surface area contributed by atoms with Crippen molar-refractivity contribution in [2.75, 3.05) is 5.32 Å². The van der Waals surface area contributed by atoms with Gasteiger partial charge in [-0.3, -0.25) is 0 Å². The second-order valence-corrected chi connectivity index (χ2v) is 6.26. The van der Waals surface area contributed by atoms with E-state index in [4.69, 9.17) is 4.42 Å². The molecule has 0 saturated heterocycles. The zero-order chi connectivity index (χ0) is 15.9. The van der Waals surface area contributed by atoms with Gasteiger partial charge in [-0.15, -0.1) is 0 Å². The van der Waals surface area contributed by atoms with Crippen molar-refractivity contribution < 1.29 is 14.3 Å². The Hall–Kier alpha value is -2.11. The number of anilines is 1. The lowest BCUT2D eigenvalue weighted by Gasteiger charge is -2.35. The number of hydrogen-bond donors (Lipinski definition) is 2. The summed E-state index contributed by atoms with van der Waals surface area (Å²) in [7, 11) is 0. The average Bonchev–Trinajstić information content (AvgIpc) is 2.81. The van der Waals surface area contributed by atoms with E-state index < -0.39 is 5.97 Å². The molecule has 0 aliphatic heterocycles. The first kappa shape index (κ1) is 14.8. The predicted octanol–water partition coefficient (Wildman–Crippen LogP) is 3.47. The van der Waals surface area contributed by atoms with E-state index in [2.05, 4.69) is 29.1 Å². The van der Waals surface area contributed by atoms with Crippen LogP contribution in [0.4, 0.5) is 5.82 Å². The molecule has 0 spiro atoms. The number of aryl methyl sites for hydroxylation is 1. The van der Waals surface area contributed by atoms with E-state index >= 15 is 0 Å². The van der Waals surface area contributed by atoms with Crippen molar-refractivity contribution >= 4 is 22.9 Å². The standard InChI is InChI=1S/C16H21N3O3/c1-8-5-4-6-11(9(8)2)19-14-13-12(16(20)21)10(3)22-15(13)18-7-17-14/h7-9,11H,4-6H2,1-3H3,(H,20,21)(H,17,18,19). The third-order valence-electron chi connectivity index (χ3n) is 4.91. The lowest BCUT2D eigenvalue weighted by atomic mass is 9.78. The molecule has 1 aliphatic carbocycles. The molecule has 3 unspecified atom stereocenters.